The lowest BCUT2D eigenvalue weighted by molar-refractivity contribution is -0.189. The molecular weight excluding hydrogens is 303 g/mol. The van der Waals surface area contributed by atoms with Gasteiger partial charge in [-0.3, -0.25) is 0 Å². The summed E-state index contributed by atoms with van der Waals surface area (Å²) in [7, 11) is 0. The molecule has 1 aliphatic rings. The number of esters is 1. The Labute approximate surface area is 122 Å². The van der Waals surface area contributed by atoms with E-state index in [1.807, 2.05) is 18.2 Å². The number of carbonyl (C=O) groups is 1. The minimum atomic E-state index is -5.03. The van der Waals surface area contributed by atoms with E-state index in [0.29, 0.717) is 10.6 Å². The SMILES string of the molecule is O=C(Oc1cccc2c1Nc1ccccc1S2)C(F)(F)F. The van der Waals surface area contributed by atoms with Crippen LogP contribution in [0, 0.1) is 0 Å². The quantitative estimate of drug-likeness (QED) is 0.535. The van der Waals surface area contributed by atoms with Crippen LogP contribution in [0.25, 0.3) is 0 Å². The maximum atomic E-state index is 12.3. The summed E-state index contributed by atoms with van der Waals surface area (Å²) >= 11 is 1.40. The maximum Gasteiger partial charge on any atom is 0.491 e. The molecule has 0 saturated heterocycles. The van der Waals surface area contributed by atoms with Crippen LogP contribution >= 0.6 is 11.8 Å². The Balaban J connectivity index is 1.95. The highest BCUT2D eigenvalue weighted by molar-refractivity contribution is 7.99. The van der Waals surface area contributed by atoms with Crippen molar-refractivity contribution in [2.75, 3.05) is 5.32 Å². The molecule has 0 aliphatic carbocycles. The van der Waals surface area contributed by atoms with E-state index in [2.05, 4.69) is 10.1 Å². The van der Waals surface area contributed by atoms with Crippen molar-refractivity contribution >= 4 is 29.1 Å². The van der Waals surface area contributed by atoms with Crippen LogP contribution in [-0.2, 0) is 4.79 Å². The van der Waals surface area contributed by atoms with Gasteiger partial charge in [-0.2, -0.15) is 13.2 Å². The predicted molar refractivity (Wildman–Crippen MR) is 72.0 cm³/mol. The second-order valence-electron chi connectivity index (χ2n) is 4.24. The number of para-hydroxylation sites is 2. The number of alkyl halides is 3. The number of hydrogen-bond acceptors (Lipinski definition) is 4. The minimum Gasteiger partial charge on any atom is -0.418 e. The van der Waals surface area contributed by atoms with E-state index in [9.17, 15) is 18.0 Å². The van der Waals surface area contributed by atoms with Gasteiger partial charge in [0.1, 0.15) is 0 Å². The largest absolute Gasteiger partial charge is 0.491 e. The minimum absolute atomic E-state index is 0.142. The van der Waals surface area contributed by atoms with Gasteiger partial charge in [-0.15, -0.1) is 0 Å². The highest BCUT2D eigenvalue weighted by atomic mass is 32.2. The van der Waals surface area contributed by atoms with Crippen LogP contribution in [0.15, 0.2) is 52.3 Å². The molecule has 7 heteroatoms. The first-order valence-corrected chi connectivity index (χ1v) is 6.73. The van der Waals surface area contributed by atoms with Gasteiger partial charge in [0.05, 0.1) is 11.4 Å². The molecule has 0 aromatic heterocycles. The van der Waals surface area contributed by atoms with Gasteiger partial charge in [-0.25, -0.2) is 4.79 Å². The molecule has 0 spiro atoms. The van der Waals surface area contributed by atoms with Gasteiger partial charge in [-0.1, -0.05) is 30.0 Å². The summed E-state index contributed by atoms with van der Waals surface area (Å²) in [6.07, 6.45) is -5.03. The standard InChI is InChI=1S/C14H8F3NO2S/c15-14(16,17)13(19)20-9-5-3-7-11-12(9)18-8-4-1-2-6-10(8)21-11/h1-7,18H. The van der Waals surface area contributed by atoms with Gasteiger partial charge >= 0.3 is 12.1 Å². The first-order valence-electron chi connectivity index (χ1n) is 5.91. The molecular formula is C14H8F3NO2S. The summed E-state index contributed by atoms with van der Waals surface area (Å²) in [5.74, 6) is -2.38. The summed E-state index contributed by atoms with van der Waals surface area (Å²) in [4.78, 5) is 12.6. The number of nitrogens with one attached hydrogen (secondary N) is 1. The molecule has 1 heterocycles. The Morgan fingerprint density at radius 1 is 1.05 bits per heavy atom. The fourth-order valence-electron chi connectivity index (χ4n) is 1.87. The van der Waals surface area contributed by atoms with Crippen molar-refractivity contribution in [1.82, 2.24) is 0 Å². The van der Waals surface area contributed by atoms with Crippen molar-refractivity contribution in [3.63, 3.8) is 0 Å². The van der Waals surface area contributed by atoms with Crippen molar-refractivity contribution in [3.8, 4) is 5.75 Å². The predicted octanol–water partition coefficient (Wildman–Crippen LogP) is 4.36. The van der Waals surface area contributed by atoms with Crippen LogP contribution in [0.2, 0.25) is 0 Å². The molecule has 0 radical (unpaired) electrons. The topological polar surface area (TPSA) is 38.3 Å². The van der Waals surface area contributed by atoms with Crippen LogP contribution in [-0.4, -0.2) is 12.1 Å². The normalized spacial score (nSPS) is 12.9. The lowest BCUT2D eigenvalue weighted by atomic mass is 10.2. The Kier molecular flexibility index (Phi) is 3.29. The molecule has 0 unspecified atom stereocenters. The Hall–Kier alpha value is -2.15. The van der Waals surface area contributed by atoms with Crippen molar-refractivity contribution in [1.29, 1.82) is 0 Å². The molecule has 0 atom stereocenters. The molecule has 3 rings (SSSR count). The van der Waals surface area contributed by atoms with E-state index < -0.39 is 12.1 Å². The second kappa shape index (κ2) is 5.00. The number of fused-ring (bicyclic) bond motifs is 2. The molecule has 1 N–H and O–H groups in total. The van der Waals surface area contributed by atoms with Gasteiger partial charge in [0.15, 0.2) is 5.75 Å². The third kappa shape index (κ3) is 2.69. The van der Waals surface area contributed by atoms with Crippen LogP contribution < -0.4 is 10.1 Å². The first-order chi connectivity index (χ1) is 9.95. The fourth-order valence-corrected chi connectivity index (χ4v) is 2.89. The highest BCUT2D eigenvalue weighted by Gasteiger charge is 2.42. The number of hydrogen-bond donors (Lipinski definition) is 1. The maximum absolute atomic E-state index is 12.3. The molecule has 1 aliphatic heterocycles. The van der Waals surface area contributed by atoms with Crippen LogP contribution in [0.4, 0.5) is 24.5 Å². The van der Waals surface area contributed by atoms with E-state index in [-0.39, 0.29) is 5.75 Å². The van der Waals surface area contributed by atoms with Gasteiger partial charge in [0.25, 0.3) is 0 Å². The Bertz CT molecular complexity index is 716. The number of benzene rings is 2. The average molecular weight is 311 g/mol. The molecule has 2 aromatic carbocycles. The lowest BCUT2D eigenvalue weighted by Gasteiger charge is -2.22. The molecule has 3 nitrogen and oxygen atoms in total. The van der Waals surface area contributed by atoms with Gasteiger partial charge in [-0.05, 0) is 24.3 Å². The highest BCUT2D eigenvalue weighted by Crippen LogP contribution is 2.47. The summed E-state index contributed by atoms with van der Waals surface area (Å²) in [5, 5.41) is 3.00. The van der Waals surface area contributed by atoms with Crippen LogP contribution in [0.5, 0.6) is 5.75 Å². The van der Waals surface area contributed by atoms with Crippen LogP contribution in [0.3, 0.4) is 0 Å². The van der Waals surface area contributed by atoms with Crippen molar-refractivity contribution in [3.05, 3.63) is 42.5 Å². The van der Waals surface area contributed by atoms with Gasteiger partial charge in [0.2, 0.25) is 0 Å². The van der Waals surface area contributed by atoms with E-state index in [1.54, 1.807) is 18.2 Å². The molecule has 0 saturated carbocycles. The van der Waals surface area contributed by atoms with E-state index in [1.165, 1.54) is 17.8 Å². The van der Waals surface area contributed by atoms with E-state index in [4.69, 9.17) is 0 Å². The summed E-state index contributed by atoms with van der Waals surface area (Å²) in [6, 6.07) is 12.0. The van der Waals surface area contributed by atoms with E-state index in [0.717, 1.165) is 10.6 Å². The summed E-state index contributed by atoms with van der Waals surface area (Å²) < 4.78 is 41.4. The van der Waals surface area contributed by atoms with Gasteiger partial charge < -0.3 is 10.1 Å². The van der Waals surface area contributed by atoms with Crippen molar-refractivity contribution in [2.24, 2.45) is 0 Å². The Morgan fingerprint density at radius 2 is 1.76 bits per heavy atom. The summed E-state index contributed by atoms with van der Waals surface area (Å²) in [5.41, 5.74) is 1.12. The third-order valence-corrected chi connectivity index (χ3v) is 3.92. The van der Waals surface area contributed by atoms with E-state index >= 15 is 0 Å². The number of anilines is 2. The molecule has 21 heavy (non-hydrogen) atoms. The number of halogens is 3. The monoisotopic (exact) mass is 311 g/mol. The smallest absolute Gasteiger partial charge is 0.418 e. The number of rotatable bonds is 1. The molecule has 0 bridgehead atoms. The number of ether oxygens (including phenoxy) is 1. The fraction of sp³-hybridized carbons (Fsp3) is 0.0714. The zero-order chi connectivity index (χ0) is 15.0. The molecule has 2 aromatic rings. The molecule has 0 fully saturated rings. The van der Waals surface area contributed by atoms with Crippen molar-refractivity contribution in [2.45, 2.75) is 16.0 Å². The summed E-state index contributed by atoms with van der Waals surface area (Å²) in [6.45, 7) is 0. The first kappa shape index (κ1) is 13.8. The zero-order valence-corrected chi connectivity index (χ0v) is 11.2. The second-order valence-corrected chi connectivity index (χ2v) is 5.32. The zero-order valence-electron chi connectivity index (χ0n) is 10.4. The average Bonchev–Trinajstić information content (AvgIpc) is 2.44. The molecule has 108 valence electrons. The number of carbonyl (C=O) groups excluding carboxylic acids is 1. The van der Waals surface area contributed by atoms with Crippen LogP contribution in [0.1, 0.15) is 0 Å². The lowest BCUT2D eigenvalue weighted by Crippen LogP contribution is -2.28. The Morgan fingerprint density at radius 3 is 2.52 bits per heavy atom. The van der Waals surface area contributed by atoms with Gasteiger partial charge in [0, 0.05) is 9.79 Å². The molecule has 0 amide bonds. The van der Waals surface area contributed by atoms with Crippen molar-refractivity contribution < 1.29 is 22.7 Å². The third-order valence-electron chi connectivity index (χ3n) is 2.79.